The monoisotopic (exact) mass is 344 g/mol. The van der Waals surface area contributed by atoms with Crippen molar-refractivity contribution < 1.29 is 26.7 Å². The van der Waals surface area contributed by atoms with E-state index in [0.717, 1.165) is 12.8 Å². The molecule has 2 heterocycles. The third-order valence-electron chi connectivity index (χ3n) is 4.71. The van der Waals surface area contributed by atoms with E-state index in [2.05, 4.69) is 0 Å². The van der Waals surface area contributed by atoms with Crippen molar-refractivity contribution in [3.63, 3.8) is 0 Å². The second-order valence-electron chi connectivity index (χ2n) is 6.72. The highest BCUT2D eigenvalue weighted by atomic mass is 32.2. The number of hydrogen-bond donors (Lipinski definition) is 1. The number of piperidine rings is 1. The molecule has 1 unspecified atom stereocenters. The zero-order chi connectivity index (χ0) is 16.8. The Morgan fingerprint density at radius 3 is 2.14 bits per heavy atom. The molecule has 0 spiro atoms. The average Bonchev–Trinajstić information content (AvgIpc) is 2.77. The summed E-state index contributed by atoms with van der Waals surface area (Å²) in [5.74, 6) is -0.932. The maximum Gasteiger partial charge on any atom is 0.414 e. The summed E-state index contributed by atoms with van der Waals surface area (Å²) >= 11 is 0. The molecule has 22 heavy (non-hydrogen) atoms. The number of halogens is 3. The van der Waals surface area contributed by atoms with E-state index >= 15 is 0 Å². The van der Waals surface area contributed by atoms with Crippen molar-refractivity contribution in [3.8, 4) is 0 Å². The summed E-state index contributed by atoms with van der Waals surface area (Å²) in [6.07, 6.45) is -5.42. The van der Waals surface area contributed by atoms with Crippen LogP contribution >= 0.6 is 0 Å². The Morgan fingerprint density at radius 2 is 1.73 bits per heavy atom. The van der Waals surface area contributed by atoms with E-state index in [1.165, 1.54) is 8.61 Å². The first-order chi connectivity index (χ1) is 9.96. The van der Waals surface area contributed by atoms with E-state index in [1.54, 1.807) is 0 Å². The number of aliphatic hydroxyl groups is 1. The van der Waals surface area contributed by atoms with Gasteiger partial charge in [0.15, 0.2) is 6.10 Å². The summed E-state index contributed by atoms with van der Waals surface area (Å²) in [6.45, 7) is 4.20. The van der Waals surface area contributed by atoms with Crippen LogP contribution in [-0.2, 0) is 10.2 Å². The van der Waals surface area contributed by atoms with Crippen LogP contribution in [0.3, 0.4) is 0 Å². The molecule has 0 aromatic rings. The lowest BCUT2D eigenvalue weighted by atomic mass is 9.92. The third-order valence-corrected chi connectivity index (χ3v) is 6.96. The molecule has 0 bridgehead atoms. The Labute approximate surface area is 129 Å². The Balaban J connectivity index is 2.02. The Hall–Kier alpha value is -0.380. The molecule has 2 aliphatic heterocycles. The molecule has 0 radical (unpaired) electrons. The molecule has 2 saturated heterocycles. The molecule has 5 nitrogen and oxygen atoms in total. The minimum Gasteiger partial charge on any atom is -0.383 e. The third kappa shape index (κ3) is 3.42. The van der Waals surface area contributed by atoms with Crippen molar-refractivity contribution in [2.75, 3.05) is 19.6 Å². The molecule has 0 aliphatic carbocycles. The van der Waals surface area contributed by atoms with Crippen LogP contribution in [0.2, 0.25) is 0 Å². The van der Waals surface area contributed by atoms with Gasteiger partial charge in [0.25, 0.3) is 10.2 Å². The highest BCUT2D eigenvalue weighted by Crippen LogP contribution is 2.36. The zero-order valence-corrected chi connectivity index (χ0v) is 13.6. The van der Waals surface area contributed by atoms with Gasteiger partial charge >= 0.3 is 6.18 Å². The van der Waals surface area contributed by atoms with Gasteiger partial charge in [-0.3, -0.25) is 0 Å². The van der Waals surface area contributed by atoms with Crippen LogP contribution in [0, 0.1) is 5.92 Å². The molecule has 2 rings (SSSR count). The Bertz CT molecular complexity index is 499. The number of hydrogen-bond acceptors (Lipinski definition) is 3. The van der Waals surface area contributed by atoms with Gasteiger partial charge in [0.05, 0.1) is 0 Å². The first-order valence-corrected chi connectivity index (χ1v) is 8.88. The predicted molar refractivity (Wildman–Crippen MR) is 75.3 cm³/mol. The predicted octanol–water partition coefficient (Wildman–Crippen LogP) is 1.74. The maximum absolute atomic E-state index is 12.6. The van der Waals surface area contributed by atoms with Crippen LogP contribution in [0.25, 0.3) is 0 Å². The van der Waals surface area contributed by atoms with Gasteiger partial charge in [-0.05, 0) is 45.4 Å². The minimum atomic E-state index is -4.65. The Kier molecular flexibility index (Phi) is 4.83. The van der Waals surface area contributed by atoms with E-state index < -0.39 is 33.9 Å². The average molecular weight is 344 g/mol. The second-order valence-corrected chi connectivity index (χ2v) is 8.57. The quantitative estimate of drug-likeness (QED) is 0.848. The van der Waals surface area contributed by atoms with Gasteiger partial charge in [0, 0.05) is 25.2 Å². The Morgan fingerprint density at radius 1 is 1.18 bits per heavy atom. The molecule has 9 heteroatoms. The van der Waals surface area contributed by atoms with E-state index in [9.17, 15) is 26.7 Å². The summed E-state index contributed by atoms with van der Waals surface area (Å²) in [4.78, 5) is 0. The van der Waals surface area contributed by atoms with Crippen LogP contribution in [0.4, 0.5) is 13.2 Å². The van der Waals surface area contributed by atoms with Gasteiger partial charge in [0.2, 0.25) is 0 Å². The highest BCUT2D eigenvalue weighted by Gasteiger charge is 2.47. The van der Waals surface area contributed by atoms with Gasteiger partial charge in [-0.15, -0.1) is 0 Å². The minimum absolute atomic E-state index is 0.0206. The number of alkyl halides is 3. The number of aliphatic hydroxyl groups excluding tert-OH is 1. The first kappa shape index (κ1) is 18.0. The molecule has 130 valence electrons. The second kappa shape index (κ2) is 5.92. The smallest absolute Gasteiger partial charge is 0.383 e. The fourth-order valence-electron chi connectivity index (χ4n) is 3.34. The zero-order valence-electron chi connectivity index (χ0n) is 12.8. The molecule has 0 aromatic heterocycles. The van der Waals surface area contributed by atoms with Gasteiger partial charge in [-0.1, -0.05) is 0 Å². The van der Waals surface area contributed by atoms with Gasteiger partial charge in [-0.25, -0.2) is 0 Å². The largest absolute Gasteiger partial charge is 0.414 e. The number of nitrogens with zero attached hydrogens (tertiary/aromatic N) is 2. The summed E-state index contributed by atoms with van der Waals surface area (Å²) in [7, 11) is -3.65. The van der Waals surface area contributed by atoms with Crippen molar-refractivity contribution in [3.05, 3.63) is 0 Å². The molecule has 0 aromatic carbocycles. The van der Waals surface area contributed by atoms with Crippen LogP contribution < -0.4 is 0 Å². The van der Waals surface area contributed by atoms with Crippen molar-refractivity contribution >= 4 is 10.2 Å². The molecular formula is C13H23F3N2O3S. The molecule has 2 fully saturated rings. The van der Waals surface area contributed by atoms with Crippen molar-refractivity contribution in [2.24, 2.45) is 5.92 Å². The topological polar surface area (TPSA) is 60.9 Å². The van der Waals surface area contributed by atoms with E-state index in [1.807, 2.05) is 13.8 Å². The molecular weight excluding hydrogens is 321 g/mol. The van der Waals surface area contributed by atoms with E-state index in [0.29, 0.717) is 6.54 Å². The highest BCUT2D eigenvalue weighted by molar-refractivity contribution is 7.86. The van der Waals surface area contributed by atoms with Crippen molar-refractivity contribution in [1.29, 1.82) is 0 Å². The normalized spacial score (nSPS) is 27.2. The molecule has 0 saturated carbocycles. The van der Waals surface area contributed by atoms with Gasteiger partial charge < -0.3 is 5.11 Å². The summed E-state index contributed by atoms with van der Waals surface area (Å²) < 4.78 is 65.5. The van der Waals surface area contributed by atoms with Crippen LogP contribution in [-0.4, -0.2) is 59.6 Å². The first-order valence-electron chi connectivity index (χ1n) is 7.49. The lowest BCUT2D eigenvalue weighted by Gasteiger charge is -2.39. The molecule has 0 amide bonds. The summed E-state index contributed by atoms with van der Waals surface area (Å²) in [5.41, 5.74) is -0.457. The fourth-order valence-corrected chi connectivity index (χ4v) is 5.37. The standard InChI is InChI=1S/C13H23F3N2O3S/c1-12(2)6-3-7-18(12)22(20,21)17-8-4-10(5-9-17)11(19)13(14,15)16/h10-11,19H,3-9H2,1-2H3. The van der Waals surface area contributed by atoms with Crippen molar-refractivity contribution in [1.82, 2.24) is 8.61 Å². The van der Waals surface area contributed by atoms with Gasteiger partial charge in [-0.2, -0.15) is 30.2 Å². The van der Waals surface area contributed by atoms with Crippen molar-refractivity contribution in [2.45, 2.75) is 57.3 Å². The van der Waals surface area contributed by atoms with E-state index in [4.69, 9.17) is 0 Å². The van der Waals surface area contributed by atoms with E-state index in [-0.39, 0.29) is 25.9 Å². The molecule has 2 aliphatic rings. The lowest BCUT2D eigenvalue weighted by molar-refractivity contribution is -0.222. The summed E-state index contributed by atoms with van der Waals surface area (Å²) in [6, 6.07) is 0. The van der Waals surface area contributed by atoms with Crippen LogP contribution in [0.15, 0.2) is 0 Å². The van der Waals surface area contributed by atoms with Crippen LogP contribution in [0.5, 0.6) is 0 Å². The number of rotatable bonds is 3. The maximum atomic E-state index is 12.6. The lowest BCUT2D eigenvalue weighted by Crippen LogP contribution is -2.53. The molecule has 1 N–H and O–H groups in total. The van der Waals surface area contributed by atoms with Gasteiger partial charge in [0.1, 0.15) is 0 Å². The summed E-state index contributed by atoms with van der Waals surface area (Å²) in [5, 5.41) is 9.29. The molecule has 1 atom stereocenters. The fraction of sp³-hybridized carbons (Fsp3) is 1.00. The SMILES string of the molecule is CC1(C)CCCN1S(=O)(=O)N1CCC(C(O)C(F)(F)F)CC1. The van der Waals surface area contributed by atoms with Crippen LogP contribution in [0.1, 0.15) is 39.5 Å².